The molecule has 0 aliphatic heterocycles. The first-order valence-corrected chi connectivity index (χ1v) is 9.84. The second-order valence-corrected chi connectivity index (χ2v) is 8.90. The van der Waals surface area contributed by atoms with Gasteiger partial charge in [-0.1, -0.05) is 5.57 Å². The van der Waals surface area contributed by atoms with Crippen LogP contribution in [0.1, 0.15) is 39.0 Å². The summed E-state index contributed by atoms with van der Waals surface area (Å²) in [6.07, 6.45) is 4.32. The second-order valence-electron chi connectivity index (χ2n) is 8.90. The average Bonchev–Trinajstić information content (AvgIpc) is 3.12. The lowest BCUT2D eigenvalue weighted by Crippen LogP contribution is -2.29. The Morgan fingerprint density at radius 1 is 0.815 bits per heavy atom. The van der Waals surface area contributed by atoms with Crippen LogP contribution in [-0.4, -0.2) is 60.6 Å². The van der Waals surface area contributed by atoms with Gasteiger partial charge in [-0.3, -0.25) is 4.79 Å². The normalized spacial score (nSPS) is 26.4. The minimum absolute atomic E-state index is 0.0269. The molecule has 27 heavy (non-hydrogen) atoms. The van der Waals surface area contributed by atoms with E-state index in [1.165, 1.54) is 16.7 Å². The van der Waals surface area contributed by atoms with Crippen LogP contribution in [0.4, 0.5) is 0 Å². The van der Waals surface area contributed by atoms with Crippen LogP contribution < -0.4 is 0 Å². The lowest BCUT2D eigenvalue weighted by Gasteiger charge is -2.27. The Bertz CT molecular complexity index is 633. The number of rotatable bonds is 8. The number of Topliss-reactive ketones (excluding diaryl/α,β-unsaturated/α-hetero) is 1. The second kappa shape index (κ2) is 8.16. The van der Waals surface area contributed by atoms with Crippen molar-refractivity contribution >= 4 is 5.78 Å². The highest BCUT2D eigenvalue weighted by molar-refractivity contribution is 5.97. The van der Waals surface area contributed by atoms with Crippen LogP contribution in [0.2, 0.25) is 0 Å². The van der Waals surface area contributed by atoms with E-state index in [-0.39, 0.29) is 10.8 Å². The number of allylic oxidation sites excluding steroid dienone is 4. The molecule has 0 aromatic carbocycles. The summed E-state index contributed by atoms with van der Waals surface area (Å²) < 4.78 is 22.2. The molecule has 0 radical (unpaired) electrons. The number of carbonyl (C=O) groups is 1. The number of hydrogen-bond acceptors (Lipinski definition) is 5. The van der Waals surface area contributed by atoms with Gasteiger partial charge in [-0.15, -0.1) is 0 Å². The van der Waals surface area contributed by atoms with Gasteiger partial charge in [-0.25, -0.2) is 0 Å². The largest absolute Gasteiger partial charge is 0.384 e. The number of carbonyl (C=O) groups excluding carboxylic acids is 1. The van der Waals surface area contributed by atoms with Crippen LogP contribution in [0.15, 0.2) is 22.3 Å². The number of ketones is 1. The Kier molecular flexibility index (Phi) is 6.26. The monoisotopic (exact) mass is 378 g/mol. The standard InChI is InChI=1S/C22H34O5/c1-15-17-8-22(13-26-4,14-27-5)10-19(17)18-9-21(11-24-2,12-25-3)7-16(18)6-20(15)23/h16H,6-14H2,1-5H3. The first-order chi connectivity index (χ1) is 12.9. The molecule has 152 valence electrons. The molecule has 0 heterocycles. The molecule has 5 nitrogen and oxygen atoms in total. The third kappa shape index (κ3) is 3.80. The molecule has 1 unspecified atom stereocenters. The molecule has 0 aromatic rings. The summed E-state index contributed by atoms with van der Waals surface area (Å²) >= 11 is 0. The summed E-state index contributed by atoms with van der Waals surface area (Å²) in [7, 11) is 7.00. The Labute approximate surface area is 163 Å². The predicted octanol–water partition coefficient (Wildman–Crippen LogP) is 3.33. The topological polar surface area (TPSA) is 54.0 Å². The summed E-state index contributed by atoms with van der Waals surface area (Å²) in [6, 6.07) is 0. The van der Waals surface area contributed by atoms with Crippen molar-refractivity contribution in [3.63, 3.8) is 0 Å². The van der Waals surface area contributed by atoms with E-state index < -0.39 is 0 Å². The number of methoxy groups -OCH3 is 4. The molecule has 0 saturated heterocycles. The van der Waals surface area contributed by atoms with Gasteiger partial charge in [0.1, 0.15) is 0 Å². The maximum atomic E-state index is 12.9. The molecule has 5 heteroatoms. The number of ether oxygens (including phenoxy) is 4. The maximum absolute atomic E-state index is 12.9. The highest BCUT2D eigenvalue weighted by Crippen LogP contribution is 2.57. The van der Waals surface area contributed by atoms with Crippen molar-refractivity contribution < 1.29 is 23.7 Å². The van der Waals surface area contributed by atoms with Crippen molar-refractivity contribution in [1.82, 2.24) is 0 Å². The van der Waals surface area contributed by atoms with E-state index in [0.717, 1.165) is 31.3 Å². The van der Waals surface area contributed by atoms with E-state index in [1.54, 1.807) is 28.4 Å². The zero-order valence-corrected chi connectivity index (χ0v) is 17.5. The molecule has 3 aliphatic rings. The molecular weight excluding hydrogens is 344 g/mol. The van der Waals surface area contributed by atoms with Crippen LogP contribution in [0, 0.1) is 16.7 Å². The summed E-state index contributed by atoms with van der Waals surface area (Å²) in [6.45, 7) is 4.64. The van der Waals surface area contributed by atoms with E-state index >= 15 is 0 Å². The Balaban J connectivity index is 2.05. The van der Waals surface area contributed by atoms with E-state index in [4.69, 9.17) is 18.9 Å². The summed E-state index contributed by atoms with van der Waals surface area (Å²) in [5.41, 5.74) is 4.95. The molecule has 0 N–H and O–H groups in total. The summed E-state index contributed by atoms with van der Waals surface area (Å²) in [4.78, 5) is 12.9. The fraction of sp³-hybridized carbons (Fsp3) is 0.773. The van der Waals surface area contributed by atoms with Crippen molar-refractivity contribution in [1.29, 1.82) is 0 Å². The van der Waals surface area contributed by atoms with E-state index in [2.05, 4.69) is 0 Å². The van der Waals surface area contributed by atoms with E-state index in [0.29, 0.717) is 44.5 Å². The van der Waals surface area contributed by atoms with Crippen molar-refractivity contribution in [2.45, 2.75) is 39.0 Å². The molecule has 3 aliphatic carbocycles. The van der Waals surface area contributed by atoms with Crippen LogP contribution in [0.3, 0.4) is 0 Å². The molecule has 0 bridgehead atoms. The quantitative estimate of drug-likeness (QED) is 0.648. The molecule has 1 atom stereocenters. The molecule has 0 spiro atoms. The van der Waals surface area contributed by atoms with Gasteiger partial charge in [-0.05, 0) is 55.2 Å². The van der Waals surface area contributed by atoms with Gasteiger partial charge in [0.05, 0.1) is 26.4 Å². The van der Waals surface area contributed by atoms with Crippen LogP contribution in [0.25, 0.3) is 0 Å². The smallest absolute Gasteiger partial charge is 0.159 e. The molecule has 2 fully saturated rings. The van der Waals surface area contributed by atoms with Gasteiger partial charge in [0.2, 0.25) is 0 Å². The van der Waals surface area contributed by atoms with Gasteiger partial charge in [0.15, 0.2) is 5.78 Å². The van der Waals surface area contributed by atoms with Gasteiger partial charge in [-0.2, -0.15) is 0 Å². The van der Waals surface area contributed by atoms with Crippen molar-refractivity contribution in [3.05, 3.63) is 22.3 Å². The average molecular weight is 379 g/mol. The molecule has 2 saturated carbocycles. The Morgan fingerprint density at radius 2 is 1.33 bits per heavy atom. The SMILES string of the molecule is COCC1(COC)CC2=C(C)C(=O)CC3CC(COC)(COC)CC3=C2C1. The fourth-order valence-electron chi connectivity index (χ4n) is 5.78. The van der Waals surface area contributed by atoms with Crippen LogP contribution in [-0.2, 0) is 23.7 Å². The van der Waals surface area contributed by atoms with Crippen LogP contribution in [0.5, 0.6) is 0 Å². The Hall–Kier alpha value is -1.01. The lowest BCUT2D eigenvalue weighted by atomic mass is 9.85. The zero-order chi connectivity index (χ0) is 19.7. The van der Waals surface area contributed by atoms with E-state index in [1.807, 2.05) is 6.92 Å². The highest BCUT2D eigenvalue weighted by atomic mass is 16.5. The van der Waals surface area contributed by atoms with E-state index in [9.17, 15) is 4.79 Å². The van der Waals surface area contributed by atoms with Gasteiger partial charge < -0.3 is 18.9 Å². The number of hydrogen-bond donors (Lipinski definition) is 0. The van der Waals surface area contributed by atoms with Gasteiger partial charge >= 0.3 is 0 Å². The molecule has 0 aromatic heterocycles. The zero-order valence-electron chi connectivity index (χ0n) is 17.5. The van der Waals surface area contributed by atoms with Crippen molar-refractivity contribution in [2.24, 2.45) is 16.7 Å². The lowest BCUT2D eigenvalue weighted by molar-refractivity contribution is -0.116. The predicted molar refractivity (Wildman–Crippen MR) is 104 cm³/mol. The minimum atomic E-state index is -0.0711. The first kappa shape index (κ1) is 20.7. The summed E-state index contributed by atoms with van der Waals surface area (Å²) in [5, 5.41) is 0. The van der Waals surface area contributed by atoms with Crippen molar-refractivity contribution in [2.75, 3.05) is 54.9 Å². The molecular formula is C22H34O5. The molecule has 0 amide bonds. The fourth-order valence-corrected chi connectivity index (χ4v) is 5.78. The van der Waals surface area contributed by atoms with Gasteiger partial charge in [0.25, 0.3) is 0 Å². The van der Waals surface area contributed by atoms with Crippen molar-refractivity contribution in [3.8, 4) is 0 Å². The first-order valence-electron chi connectivity index (χ1n) is 9.84. The van der Waals surface area contributed by atoms with Crippen LogP contribution >= 0.6 is 0 Å². The maximum Gasteiger partial charge on any atom is 0.159 e. The minimum Gasteiger partial charge on any atom is -0.384 e. The third-order valence-electron chi connectivity index (χ3n) is 6.70. The molecule has 3 rings (SSSR count). The Morgan fingerprint density at radius 3 is 1.89 bits per heavy atom. The van der Waals surface area contributed by atoms with Gasteiger partial charge in [0, 0.05) is 45.7 Å². The highest BCUT2D eigenvalue weighted by Gasteiger charge is 2.49. The number of fused-ring (bicyclic) bond motifs is 2. The summed E-state index contributed by atoms with van der Waals surface area (Å²) in [5.74, 6) is 0.588. The third-order valence-corrected chi connectivity index (χ3v) is 6.70.